The maximum Gasteiger partial charge on any atom is 0.146 e. The fraction of sp³-hybridized carbons (Fsp3) is 0.889. The standard InChI is InChI=1S/C9H17NO/c1-3-8-4-5-9(11)7-10(2)6-8/h8H,3-7H2,1-2H3. The second kappa shape index (κ2) is 3.86. The van der Waals surface area contributed by atoms with Gasteiger partial charge in [0.05, 0.1) is 6.54 Å². The molecule has 0 aromatic carbocycles. The van der Waals surface area contributed by atoms with Crippen molar-refractivity contribution in [2.75, 3.05) is 20.1 Å². The number of rotatable bonds is 1. The van der Waals surface area contributed by atoms with Gasteiger partial charge in [-0.05, 0) is 19.4 Å². The van der Waals surface area contributed by atoms with Crippen molar-refractivity contribution in [1.29, 1.82) is 0 Å². The van der Waals surface area contributed by atoms with Gasteiger partial charge in [-0.2, -0.15) is 0 Å². The molecule has 1 saturated heterocycles. The number of nitrogens with zero attached hydrogens (tertiary/aromatic N) is 1. The Morgan fingerprint density at radius 2 is 2.36 bits per heavy atom. The Balaban J connectivity index is 2.46. The summed E-state index contributed by atoms with van der Waals surface area (Å²) in [5, 5.41) is 0. The third-order valence-corrected chi connectivity index (χ3v) is 2.42. The second-order valence-corrected chi connectivity index (χ2v) is 3.55. The summed E-state index contributed by atoms with van der Waals surface area (Å²) in [5.74, 6) is 1.15. The molecule has 64 valence electrons. The van der Waals surface area contributed by atoms with E-state index in [0.717, 1.165) is 25.3 Å². The quantitative estimate of drug-likeness (QED) is 0.569. The van der Waals surface area contributed by atoms with Gasteiger partial charge >= 0.3 is 0 Å². The van der Waals surface area contributed by atoms with Crippen molar-refractivity contribution in [3.05, 3.63) is 0 Å². The molecule has 2 heteroatoms. The molecule has 1 unspecified atom stereocenters. The average Bonchev–Trinajstić information content (AvgIpc) is 2.11. The topological polar surface area (TPSA) is 20.3 Å². The van der Waals surface area contributed by atoms with Crippen molar-refractivity contribution in [3.8, 4) is 0 Å². The molecule has 11 heavy (non-hydrogen) atoms. The fourth-order valence-corrected chi connectivity index (χ4v) is 1.68. The van der Waals surface area contributed by atoms with Crippen LogP contribution in [0, 0.1) is 5.92 Å². The van der Waals surface area contributed by atoms with E-state index >= 15 is 0 Å². The molecule has 0 spiro atoms. The maximum atomic E-state index is 11.1. The summed E-state index contributed by atoms with van der Waals surface area (Å²) < 4.78 is 0. The van der Waals surface area contributed by atoms with E-state index in [-0.39, 0.29) is 0 Å². The van der Waals surface area contributed by atoms with Gasteiger partial charge in [-0.1, -0.05) is 13.3 Å². The van der Waals surface area contributed by atoms with Crippen molar-refractivity contribution in [2.45, 2.75) is 26.2 Å². The van der Waals surface area contributed by atoms with Gasteiger partial charge in [-0.3, -0.25) is 9.69 Å². The Morgan fingerprint density at radius 1 is 1.64 bits per heavy atom. The number of likely N-dealkylation sites (N-methyl/N-ethyl adjacent to an activating group) is 1. The molecular weight excluding hydrogens is 138 g/mol. The lowest BCUT2D eigenvalue weighted by Gasteiger charge is -2.17. The number of ketones is 1. The molecule has 0 N–H and O–H groups in total. The monoisotopic (exact) mass is 155 g/mol. The number of hydrogen-bond acceptors (Lipinski definition) is 2. The highest BCUT2D eigenvalue weighted by molar-refractivity contribution is 5.80. The van der Waals surface area contributed by atoms with Crippen LogP contribution in [0.25, 0.3) is 0 Å². The number of likely N-dealkylation sites (tertiary alicyclic amines) is 1. The Labute approximate surface area is 68.6 Å². The molecule has 1 atom stereocenters. The molecule has 1 heterocycles. The van der Waals surface area contributed by atoms with Crippen LogP contribution in [-0.2, 0) is 4.79 Å². The van der Waals surface area contributed by atoms with Gasteiger partial charge in [0.25, 0.3) is 0 Å². The summed E-state index contributed by atoms with van der Waals surface area (Å²) >= 11 is 0. The Morgan fingerprint density at radius 3 is 3.00 bits per heavy atom. The summed E-state index contributed by atoms with van der Waals surface area (Å²) in [5.41, 5.74) is 0. The van der Waals surface area contributed by atoms with Crippen molar-refractivity contribution >= 4 is 5.78 Å². The second-order valence-electron chi connectivity index (χ2n) is 3.55. The van der Waals surface area contributed by atoms with Crippen molar-refractivity contribution in [3.63, 3.8) is 0 Å². The maximum absolute atomic E-state index is 11.1. The summed E-state index contributed by atoms with van der Waals surface area (Å²) in [7, 11) is 2.03. The Hall–Kier alpha value is -0.370. The van der Waals surface area contributed by atoms with Crippen molar-refractivity contribution < 1.29 is 4.79 Å². The smallest absolute Gasteiger partial charge is 0.146 e. The number of carbonyl (C=O) groups excluding carboxylic acids is 1. The fourth-order valence-electron chi connectivity index (χ4n) is 1.68. The van der Waals surface area contributed by atoms with Gasteiger partial charge in [0.2, 0.25) is 0 Å². The van der Waals surface area contributed by atoms with Gasteiger partial charge in [-0.15, -0.1) is 0 Å². The molecule has 0 aromatic rings. The summed E-state index contributed by atoms with van der Waals surface area (Å²) in [4.78, 5) is 13.3. The van der Waals surface area contributed by atoms with Crippen LogP contribution < -0.4 is 0 Å². The minimum Gasteiger partial charge on any atom is -0.299 e. The van der Waals surface area contributed by atoms with E-state index in [9.17, 15) is 4.79 Å². The Bertz CT molecular complexity index is 144. The van der Waals surface area contributed by atoms with Gasteiger partial charge < -0.3 is 0 Å². The zero-order valence-corrected chi connectivity index (χ0v) is 7.47. The third-order valence-electron chi connectivity index (χ3n) is 2.42. The molecule has 0 radical (unpaired) electrons. The van der Waals surface area contributed by atoms with Crippen LogP contribution in [-0.4, -0.2) is 30.8 Å². The predicted molar refractivity (Wildman–Crippen MR) is 45.5 cm³/mol. The largest absolute Gasteiger partial charge is 0.299 e. The van der Waals surface area contributed by atoms with Gasteiger partial charge in [-0.25, -0.2) is 0 Å². The molecule has 0 aliphatic carbocycles. The third kappa shape index (κ3) is 2.62. The summed E-state index contributed by atoms with van der Waals surface area (Å²) in [6.07, 6.45) is 3.10. The lowest BCUT2D eigenvalue weighted by molar-refractivity contribution is -0.119. The van der Waals surface area contributed by atoms with E-state index < -0.39 is 0 Å². The highest BCUT2D eigenvalue weighted by Gasteiger charge is 2.17. The highest BCUT2D eigenvalue weighted by Crippen LogP contribution is 2.15. The first-order chi connectivity index (χ1) is 5.22. The van der Waals surface area contributed by atoms with Crippen LogP contribution in [0.5, 0.6) is 0 Å². The minimum absolute atomic E-state index is 0.406. The van der Waals surface area contributed by atoms with E-state index in [1.54, 1.807) is 0 Å². The van der Waals surface area contributed by atoms with E-state index in [1.165, 1.54) is 6.42 Å². The lowest BCUT2D eigenvalue weighted by atomic mass is 10.0. The van der Waals surface area contributed by atoms with E-state index in [4.69, 9.17) is 0 Å². The van der Waals surface area contributed by atoms with Crippen LogP contribution in [0.3, 0.4) is 0 Å². The predicted octanol–water partition coefficient (Wildman–Crippen LogP) is 1.31. The van der Waals surface area contributed by atoms with E-state index in [2.05, 4.69) is 11.8 Å². The minimum atomic E-state index is 0.406. The summed E-state index contributed by atoms with van der Waals surface area (Å²) in [6.45, 7) is 3.97. The van der Waals surface area contributed by atoms with Crippen LogP contribution in [0.1, 0.15) is 26.2 Å². The molecule has 0 saturated carbocycles. The van der Waals surface area contributed by atoms with Crippen LogP contribution in [0.2, 0.25) is 0 Å². The van der Waals surface area contributed by atoms with E-state index in [1.807, 2.05) is 7.05 Å². The molecule has 0 bridgehead atoms. The molecule has 2 nitrogen and oxygen atoms in total. The molecule has 1 rings (SSSR count). The first-order valence-corrected chi connectivity index (χ1v) is 4.42. The molecule has 0 amide bonds. The average molecular weight is 155 g/mol. The number of Topliss-reactive ketones (excluding diaryl/α,β-unsaturated/α-hetero) is 1. The lowest BCUT2D eigenvalue weighted by Crippen LogP contribution is -2.26. The van der Waals surface area contributed by atoms with Crippen LogP contribution in [0.4, 0.5) is 0 Å². The SMILES string of the molecule is CCC1CCC(=O)CN(C)C1. The molecule has 1 aliphatic rings. The van der Waals surface area contributed by atoms with Crippen LogP contribution in [0.15, 0.2) is 0 Å². The highest BCUT2D eigenvalue weighted by atomic mass is 16.1. The first-order valence-electron chi connectivity index (χ1n) is 4.42. The van der Waals surface area contributed by atoms with Gasteiger partial charge in [0.15, 0.2) is 0 Å². The number of carbonyl (C=O) groups is 1. The molecule has 0 aromatic heterocycles. The van der Waals surface area contributed by atoms with Gasteiger partial charge in [0.1, 0.15) is 5.78 Å². The zero-order valence-electron chi connectivity index (χ0n) is 7.47. The van der Waals surface area contributed by atoms with Gasteiger partial charge in [0, 0.05) is 13.0 Å². The number of hydrogen-bond donors (Lipinski definition) is 0. The summed E-state index contributed by atoms with van der Waals surface area (Å²) in [6, 6.07) is 0. The van der Waals surface area contributed by atoms with Crippen LogP contribution >= 0.6 is 0 Å². The molecule has 1 aliphatic heterocycles. The van der Waals surface area contributed by atoms with Crippen molar-refractivity contribution in [1.82, 2.24) is 4.90 Å². The van der Waals surface area contributed by atoms with E-state index in [0.29, 0.717) is 12.3 Å². The molecular formula is C9H17NO. The first kappa shape index (κ1) is 8.72. The zero-order chi connectivity index (χ0) is 8.27. The Kier molecular flexibility index (Phi) is 3.06. The molecule has 1 fully saturated rings. The van der Waals surface area contributed by atoms with Crippen molar-refractivity contribution in [2.24, 2.45) is 5.92 Å². The normalized spacial score (nSPS) is 28.5.